The van der Waals surface area contributed by atoms with Gasteiger partial charge in [-0.3, -0.25) is 4.79 Å². The molecule has 0 saturated carbocycles. The molecule has 1 aliphatic heterocycles. The first-order chi connectivity index (χ1) is 13.6. The fourth-order valence-electron chi connectivity index (χ4n) is 3.32. The van der Waals surface area contributed by atoms with Crippen LogP contribution < -0.4 is 19.7 Å². The van der Waals surface area contributed by atoms with Crippen LogP contribution in [0.4, 0.5) is 10.1 Å². The van der Waals surface area contributed by atoms with Gasteiger partial charge < -0.3 is 19.7 Å². The summed E-state index contributed by atoms with van der Waals surface area (Å²) < 4.78 is 23.6. The summed E-state index contributed by atoms with van der Waals surface area (Å²) in [7, 11) is 3.19. The Balaban J connectivity index is 1.51. The summed E-state index contributed by atoms with van der Waals surface area (Å²) in [5, 5.41) is 2.96. The van der Waals surface area contributed by atoms with Gasteiger partial charge in [-0.05, 0) is 60.9 Å². The van der Waals surface area contributed by atoms with E-state index in [4.69, 9.17) is 9.47 Å². The SMILES string of the molecule is COc1ccc(OC)c(/C=C/C(=O)NCC2CCN(c3ccc(F)cc3)C2)c1. The predicted octanol–water partition coefficient (Wildman–Crippen LogP) is 3.50. The summed E-state index contributed by atoms with van der Waals surface area (Å²) in [6.45, 7) is 2.36. The molecule has 1 saturated heterocycles. The fraction of sp³-hybridized carbons (Fsp3) is 0.318. The van der Waals surface area contributed by atoms with Crippen molar-refractivity contribution >= 4 is 17.7 Å². The van der Waals surface area contributed by atoms with Gasteiger partial charge in [-0.25, -0.2) is 4.39 Å². The molecule has 148 valence electrons. The third-order valence-corrected chi connectivity index (χ3v) is 4.89. The van der Waals surface area contributed by atoms with Crippen LogP contribution in [-0.4, -0.2) is 39.8 Å². The van der Waals surface area contributed by atoms with Crippen molar-refractivity contribution in [1.82, 2.24) is 5.32 Å². The smallest absolute Gasteiger partial charge is 0.244 e. The molecule has 0 aliphatic carbocycles. The van der Waals surface area contributed by atoms with Gasteiger partial charge in [0.15, 0.2) is 0 Å². The zero-order chi connectivity index (χ0) is 19.9. The van der Waals surface area contributed by atoms with Gasteiger partial charge in [0.1, 0.15) is 17.3 Å². The van der Waals surface area contributed by atoms with Gasteiger partial charge in [0.05, 0.1) is 14.2 Å². The molecule has 0 spiro atoms. The van der Waals surface area contributed by atoms with Crippen molar-refractivity contribution < 1.29 is 18.7 Å². The summed E-state index contributed by atoms with van der Waals surface area (Å²) in [5.74, 6) is 1.37. The highest BCUT2D eigenvalue weighted by Crippen LogP contribution is 2.25. The second-order valence-corrected chi connectivity index (χ2v) is 6.76. The van der Waals surface area contributed by atoms with E-state index in [1.807, 2.05) is 12.1 Å². The summed E-state index contributed by atoms with van der Waals surface area (Å²) in [6, 6.07) is 12.0. The van der Waals surface area contributed by atoms with E-state index < -0.39 is 0 Å². The molecule has 28 heavy (non-hydrogen) atoms. The van der Waals surface area contributed by atoms with E-state index in [2.05, 4.69) is 10.2 Å². The van der Waals surface area contributed by atoms with Crippen molar-refractivity contribution in [3.05, 3.63) is 59.9 Å². The Labute approximate surface area is 164 Å². The molecule has 3 rings (SSSR count). The minimum absolute atomic E-state index is 0.148. The van der Waals surface area contributed by atoms with Crippen LogP contribution in [0.5, 0.6) is 11.5 Å². The Bertz CT molecular complexity index is 836. The summed E-state index contributed by atoms with van der Waals surface area (Å²) in [5.41, 5.74) is 1.79. The number of ether oxygens (including phenoxy) is 2. The molecule has 1 unspecified atom stereocenters. The molecule has 2 aromatic rings. The normalized spacial score (nSPS) is 16.4. The monoisotopic (exact) mass is 384 g/mol. The highest BCUT2D eigenvalue weighted by atomic mass is 19.1. The minimum Gasteiger partial charge on any atom is -0.497 e. The van der Waals surface area contributed by atoms with Crippen LogP contribution in [0.25, 0.3) is 6.08 Å². The molecular formula is C22H25FN2O3. The number of carbonyl (C=O) groups is 1. The van der Waals surface area contributed by atoms with Crippen LogP contribution in [0.3, 0.4) is 0 Å². The van der Waals surface area contributed by atoms with E-state index in [0.29, 0.717) is 24.0 Å². The Hall–Kier alpha value is -3.02. The molecule has 1 heterocycles. The third-order valence-electron chi connectivity index (χ3n) is 4.89. The van der Waals surface area contributed by atoms with Crippen molar-refractivity contribution in [3.63, 3.8) is 0 Å². The average Bonchev–Trinajstić information content (AvgIpc) is 3.20. The highest BCUT2D eigenvalue weighted by molar-refractivity contribution is 5.92. The number of methoxy groups -OCH3 is 2. The van der Waals surface area contributed by atoms with Crippen LogP contribution in [-0.2, 0) is 4.79 Å². The van der Waals surface area contributed by atoms with E-state index in [1.54, 1.807) is 38.5 Å². The van der Waals surface area contributed by atoms with Gasteiger partial charge >= 0.3 is 0 Å². The Morgan fingerprint density at radius 1 is 1.21 bits per heavy atom. The Kier molecular flexibility index (Phi) is 6.53. The van der Waals surface area contributed by atoms with Crippen LogP contribution in [0.2, 0.25) is 0 Å². The van der Waals surface area contributed by atoms with E-state index in [-0.39, 0.29) is 11.7 Å². The van der Waals surface area contributed by atoms with Crippen LogP contribution in [0.1, 0.15) is 12.0 Å². The van der Waals surface area contributed by atoms with E-state index >= 15 is 0 Å². The number of amides is 1. The van der Waals surface area contributed by atoms with Gasteiger partial charge in [0.2, 0.25) is 5.91 Å². The largest absolute Gasteiger partial charge is 0.497 e. The van der Waals surface area contributed by atoms with Crippen molar-refractivity contribution in [2.24, 2.45) is 5.92 Å². The van der Waals surface area contributed by atoms with Crippen molar-refractivity contribution in [1.29, 1.82) is 0 Å². The van der Waals surface area contributed by atoms with Gasteiger partial charge in [0, 0.05) is 37.0 Å². The van der Waals surface area contributed by atoms with E-state index in [0.717, 1.165) is 30.8 Å². The van der Waals surface area contributed by atoms with Gasteiger partial charge in [-0.1, -0.05) is 0 Å². The lowest BCUT2D eigenvalue weighted by Gasteiger charge is -2.18. The number of anilines is 1. The number of halogens is 1. The quantitative estimate of drug-likeness (QED) is 0.743. The molecule has 2 aromatic carbocycles. The Morgan fingerprint density at radius 3 is 2.71 bits per heavy atom. The van der Waals surface area contributed by atoms with E-state index in [9.17, 15) is 9.18 Å². The Morgan fingerprint density at radius 2 is 2.00 bits per heavy atom. The molecular weight excluding hydrogens is 359 g/mol. The van der Waals surface area contributed by atoms with E-state index in [1.165, 1.54) is 18.2 Å². The molecule has 1 amide bonds. The zero-order valence-corrected chi connectivity index (χ0v) is 16.2. The number of carbonyl (C=O) groups excluding carboxylic acids is 1. The molecule has 1 N–H and O–H groups in total. The summed E-state index contributed by atoms with van der Waals surface area (Å²) >= 11 is 0. The highest BCUT2D eigenvalue weighted by Gasteiger charge is 2.22. The average molecular weight is 384 g/mol. The fourth-order valence-corrected chi connectivity index (χ4v) is 3.32. The number of rotatable bonds is 7. The van der Waals surface area contributed by atoms with Crippen molar-refractivity contribution in [2.45, 2.75) is 6.42 Å². The standard InChI is InChI=1S/C22H25FN2O3/c1-27-20-8-9-21(28-2)17(13-20)3-10-22(26)24-14-16-11-12-25(15-16)19-6-4-18(23)5-7-19/h3-10,13,16H,11-12,14-15H2,1-2H3,(H,24,26)/b10-3+. The maximum absolute atomic E-state index is 13.1. The van der Waals surface area contributed by atoms with Crippen molar-refractivity contribution in [3.8, 4) is 11.5 Å². The van der Waals surface area contributed by atoms with Crippen LogP contribution in [0.15, 0.2) is 48.5 Å². The predicted molar refractivity (Wildman–Crippen MR) is 108 cm³/mol. The van der Waals surface area contributed by atoms with Gasteiger partial charge in [-0.2, -0.15) is 0 Å². The number of nitrogens with one attached hydrogen (secondary N) is 1. The topological polar surface area (TPSA) is 50.8 Å². The van der Waals surface area contributed by atoms with Crippen LogP contribution in [0, 0.1) is 11.7 Å². The molecule has 1 atom stereocenters. The number of benzene rings is 2. The number of nitrogens with zero attached hydrogens (tertiary/aromatic N) is 1. The zero-order valence-electron chi connectivity index (χ0n) is 16.2. The first kappa shape index (κ1) is 19.7. The number of hydrogen-bond acceptors (Lipinski definition) is 4. The lowest BCUT2D eigenvalue weighted by atomic mass is 10.1. The van der Waals surface area contributed by atoms with Crippen molar-refractivity contribution in [2.75, 3.05) is 38.8 Å². The lowest BCUT2D eigenvalue weighted by molar-refractivity contribution is -0.116. The molecule has 0 bridgehead atoms. The molecule has 1 fully saturated rings. The molecule has 6 heteroatoms. The minimum atomic E-state index is -0.230. The third kappa shape index (κ3) is 5.03. The van der Waals surface area contributed by atoms with Crippen LogP contribution >= 0.6 is 0 Å². The first-order valence-corrected chi connectivity index (χ1v) is 9.27. The molecule has 0 aromatic heterocycles. The summed E-state index contributed by atoms with van der Waals surface area (Å²) in [4.78, 5) is 14.4. The van der Waals surface area contributed by atoms with Gasteiger partial charge in [0.25, 0.3) is 0 Å². The first-order valence-electron chi connectivity index (χ1n) is 9.27. The van der Waals surface area contributed by atoms with Gasteiger partial charge in [-0.15, -0.1) is 0 Å². The molecule has 5 nitrogen and oxygen atoms in total. The number of hydrogen-bond donors (Lipinski definition) is 1. The maximum Gasteiger partial charge on any atom is 0.244 e. The molecule has 0 radical (unpaired) electrons. The maximum atomic E-state index is 13.1. The summed E-state index contributed by atoms with van der Waals surface area (Å²) in [6.07, 6.45) is 4.21. The second kappa shape index (κ2) is 9.26. The lowest BCUT2D eigenvalue weighted by Crippen LogP contribution is -2.29. The second-order valence-electron chi connectivity index (χ2n) is 6.76. The molecule has 1 aliphatic rings.